The Morgan fingerprint density at radius 3 is 2.40 bits per heavy atom. The number of aliphatic hydroxyl groups is 1. The molecule has 3 amide bonds. The van der Waals surface area contributed by atoms with Crippen LogP contribution in [-0.2, 0) is 10.4 Å². The maximum Gasteiger partial charge on any atom is 0.260 e. The van der Waals surface area contributed by atoms with E-state index in [1.807, 2.05) is 37.3 Å². The van der Waals surface area contributed by atoms with Crippen LogP contribution in [0, 0.1) is 0 Å². The van der Waals surface area contributed by atoms with Crippen molar-refractivity contribution < 1.29 is 24.2 Å². The first-order valence-corrected chi connectivity index (χ1v) is 13.6. The lowest BCUT2D eigenvalue weighted by atomic mass is 9.94. The number of nitrogens with two attached hydrogens (primary N) is 1. The van der Waals surface area contributed by atoms with Gasteiger partial charge in [-0.25, -0.2) is 0 Å². The van der Waals surface area contributed by atoms with Crippen molar-refractivity contribution in [1.29, 1.82) is 0 Å². The molecule has 9 heteroatoms. The van der Waals surface area contributed by atoms with Gasteiger partial charge < -0.3 is 30.4 Å². The minimum Gasteiger partial charge on any atom is -0.495 e. The maximum absolute atomic E-state index is 13.4. The van der Waals surface area contributed by atoms with E-state index >= 15 is 0 Å². The molecule has 0 spiro atoms. The Kier molecular flexibility index (Phi) is 8.59. The SMILES string of the molecule is C=C(/C=C\C=C(/C)c1ccc(C(N)=O)c2[nH]c3cc(C(C)(C)O)ccc3c12)N(C)C(=O)c1cccc(OC)c1N(C)C=O. The number of allylic oxidation sites excluding steroid dienone is 4. The standard InChI is InChI=1S/C34H36N4O5/c1-20(10-8-11-21(2)38(6)33(41)26-12-9-13-28(43-7)31(26)37(5)19-39)23-16-17-25(32(35)40)30-29(23)24-15-14-22(34(3,4)42)18-27(24)36-30/h8-19,36,42H,2H2,1,3-7H3,(H2,35,40)/b11-8-,20-10+. The third kappa shape index (κ3) is 5.93. The molecule has 0 fully saturated rings. The van der Waals surface area contributed by atoms with Crippen LogP contribution in [0.25, 0.3) is 27.4 Å². The first kappa shape index (κ1) is 30.8. The van der Waals surface area contributed by atoms with E-state index in [1.165, 1.54) is 16.9 Å². The van der Waals surface area contributed by atoms with Crippen molar-refractivity contribution in [3.8, 4) is 5.75 Å². The van der Waals surface area contributed by atoms with Gasteiger partial charge in [-0.2, -0.15) is 0 Å². The number of hydrogen-bond donors (Lipinski definition) is 3. The van der Waals surface area contributed by atoms with Crippen molar-refractivity contribution in [2.24, 2.45) is 5.73 Å². The number of methoxy groups -OCH3 is 1. The molecule has 0 atom stereocenters. The summed E-state index contributed by atoms with van der Waals surface area (Å²) in [7, 11) is 4.64. The van der Waals surface area contributed by atoms with Gasteiger partial charge in [-0.15, -0.1) is 0 Å². The van der Waals surface area contributed by atoms with E-state index < -0.39 is 11.5 Å². The number of carbonyl (C=O) groups excluding carboxylic acids is 3. The van der Waals surface area contributed by atoms with Gasteiger partial charge in [0.2, 0.25) is 6.41 Å². The number of ether oxygens (including phenoxy) is 1. The second-order valence-corrected chi connectivity index (χ2v) is 10.9. The van der Waals surface area contributed by atoms with Gasteiger partial charge in [0.1, 0.15) is 5.75 Å². The Morgan fingerprint density at radius 1 is 1.07 bits per heavy atom. The summed E-state index contributed by atoms with van der Waals surface area (Å²) < 4.78 is 5.37. The van der Waals surface area contributed by atoms with Gasteiger partial charge >= 0.3 is 0 Å². The van der Waals surface area contributed by atoms with Crippen molar-refractivity contribution in [2.75, 3.05) is 26.1 Å². The summed E-state index contributed by atoms with van der Waals surface area (Å²) >= 11 is 0. The molecule has 9 nitrogen and oxygen atoms in total. The highest BCUT2D eigenvalue weighted by molar-refractivity contribution is 6.18. The molecule has 1 heterocycles. The summed E-state index contributed by atoms with van der Waals surface area (Å²) in [4.78, 5) is 43.2. The number of anilines is 1. The zero-order valence-electron chi connectivity index (χ0n) is 25.2. The van der Waals surface area contributed by atoms with Crippen molar-refractivity contribution in [3.05, 3.63) is 101 Å². The van der Waals surface area contributed by atoms with Crippen LogP contribution in [-0.4, -0.2) is 54.4 Å². The first-order chi connectivity index (χ1) is 20.3. The summed E-state index contributed by atoms with van der Waals surface area (Å²) in [5.41, 5.74) is 10.0. The molecule has 0 aliphatic rings. The molecular weight excluding hydrogens is 544 g/mol. The average Bonchev–Trinajstić information content (AvgIpc) is 3.37. The number of likely N-dealkylation sites (N-methyl/N-ethyl adjacent to an activating group) is 1. The molecule has 0 saturated carbocycles. The Morgan fingerprint density at radius 2 is 1.77 bits per heavy atom. The Labute approximate surface area is 250 Å². The molecule has 0 unspecified atom stereocenters. The van der Waals surface area contributed by atoms with Gasteiger partial charge in [0.15, 0.2) is 0 Å². The highest BCUT2D eigenvalue weighted by Gasteiger charge is 2.23. The van der Waals surface area contributed by atoms with E-state index in [1.54, 1.807) is 64.4 Å². The Bertz CT molecular complexity index is 1820. The largest absolute Gasteiger partial charge is 0.495 e. The zero-order valence-corrected chi connectivity index (χ0v) is 25.2. The number of nitrogens with zero attached hydrogens (tertiary/aromatic N) is 2. The van der Waals surface area contributed by atoms with Crippen LogP contribution >= 0.6 is 0 Å². The normalized spacial score (nSPS) is 12.1. The van der Waals surface area contributed by atoms with Gasteiger partial charge in [0.05, 0.1) is 35.0 Å². The topological polar surface area (TPSA) is 129 Å². The van der Waals surface area contributed by atoms with E-state index in [0.29, 0.717) is 40.2 Å². The fourth-order valence-corrected chi connectivity index (χ4v) is 5.02. The van der Waals surface area contributed by atoms with Crippen molar-refractivity contribution in [1.82, 2.24) is 9.88 Å². The predicted molar refractivity (Wildman–Crippen MR) is 171 cm³/mol. The smallest absolute Gasteiger partial charge is 0.260 e. The van der Waals surface area contributed by atoms with Crippen LogP contribution < -0.4 is 15.4 Å². The molecule has 0 bridgehead atoms. The van der Waals surface area contributed by atoms with Gasteiger partial charge in [-0.1, -0.05) is 43.0 Å². The predicted octanol–water partition coefficient (Wildman–Crippen LogP) is 5.49. The van der Waals surface area contributed by atoms with Crippen LogP contribution in [0.15, 0.2) is 79.0 Å². The fraction of sp³-hybridized carbons (Fsp3) is 0.206. The third-order valence-corrected chi connectivity index (χ3v) is 7.48. The molecular formula is C34H36N4O5. The summed E-state index contributed by atoms with van der Waals surface area (Å²) in [6.07, 6.45) is 6.01. The molecule has 222 valence electrons. The summed E-state index contributed by atoms with van der Waals surface area (Å²) in [5, 5.41) is 12.2. The fourth-order valence-electron chi connectivity index (χ4n) is 5.02. The van der Waals surface area contributed by atoms with Gasteiger partial charge in [0, 0.05) is 36.1 Å². The van der Waals surface area contributed by atoms with E-state index in [4.69, 9.17) is 10.5 Å². The second kappa shape index (κ2) is 12.0. The highest BCUT2D eigenvalue weighted by atomic mass is 16.5. The molecule has 0 radical (unpaired) electrons. The number of primary amides is 1. The van der Waals surface area contributed by atoms with Gasteiger partial charge in [-0.05, 0) is 67.8 Å². The molecule has 4 N–H and O–H groups in total. The Hall–Kier alpha value is -5.15. The summed E-state index contributed by atoms with van der Waals surface area (Å²) in [6, 6.07) is 14.2. The van der Waals surface area contributed by atoms with E-state index in [0.717, 1.165) is 33.0 Å². The number of benzene rings is 3. The number of carbonyl (C=O) groups is 3. The second-order valence-electron chi connectivity index (χ2n) is 10.9. The molecule has 4 rings (SSSR count). The highest BCUT2D eigenvalue weighted by Crippen LogP contribution is 2.36. The molecule has 0 aliphatic heterocycles. The van der Waals surface area contributed by atoms with Gasteiger partial charge in [0.25, 0.3) is 11.8 Å². The van der Waals surface area contributed by atoms with Crippen molar-refractivity contribution in [3.63, 3.8) is 0 Å². The number of rotatable bonds is 10. The monoisotopic (exact) mass is 580 g/mol. The van der Waals surface area contributed by atoms with Crippen molar-refractivity contribution in [2.45, 2.75) is 26.4 Å². The number of fused-ring (bicyclic) bond motifs is 3. The van der Waals surface area contributed by atoms with Crippen LogP contribution in [0.3, 0.4) is 0 Å². The summed E-state index contributed by atoms with van der Waals surface area (Å²) in [5.74, 6) is -0.503. The lowest BCUT2D eigenvalue weighted by Gasteiger charge is -2.23. The van der Waals surface area contributed by atoms with Crippen LogP contribution in [0.5, 0.6) is 5.75 Å². The Balaban J connectivity index is 1.68. The van der Waals surface area contributed by atoms with Gasteiger partial charge in [-0.3, -0.25) is 14.4 Å². The van der Waals surface area contributed by atoms with E-state index in [9.17, 15) is 19.5 Å². The average molecular weight is 581 g/mol. The molecule has 4 aromatic rings. The van der Waals surface area contributed by atoms with Crippen molar-refractivity contribution >= 4 is 51.3 Å². The number of aromatic nitrogens is 1. The number of amides is 3. The lowest BCUT2D eigenvalue weighted by molar-refractivity contribution is -0.107. The third-order valence-electron chi connectivity index (χ3n) is 7.48. The number of H-pyrrole nitrogens is 1. The molecule has 43 heavy (non-hydrogen) atoms. The number of nitrogens with one attached hydrogen (secondary N) is 1. The number of hydrogen-bond acceptors (Lipinski definition) is 5. The number of para-hydroxylation sites is 1. The van der Waals surface area contributed by atoms with Crippen LogP contribution in [0.2, 0.25) is 0 Å². The van der Waals surface area contributed by atoms with E-state index in [2.05, 4.69) is 11.6 Å². The summed E-state index contributed by atoms with van der Waals surface area (Å²) in [6.45, 7) is 9.43. The maximum atomic E-state index is 13.4. The first-order valence-electron chi connectivity index (χ1n) is 13.6. The molecule has 0 aliphatic carbocycles. The minimum atomic E-state index is -1.03. The van der Waals surface area contributed by atoms with Crippen LogP contribution in [0.1, 0.15) is 52.6 Å². The van der Waals surface area contributed by atoms with Crippen LogP contribution in [0.4, 0.5) is 5.69 Å². The molecule has 1 aromatic heterocycles. The minimum absolute atomic E-state index is 0.293. The quantitative estimate of drug-likeness (QED) is 0.169. The zero-order chi connectivity index (χ0) is 31.6. The molecule has 3 aromatic carbocycles. The molecule has 0 saturated heterocycles. The number of aromatic amines is 1. The van der Waals surface area contributed by atoms with E-state index in [-0.39, 0.29) is 5.91 Å². The lowest BCUT2D eigenvalue weighted by Crippen LogP contribution is -2.27.